The van der Waals surface area contributed by atoms with Gasteiger partial charge < -0.3 is 0 Å². The molecule has 0 heterocycles. The lowest BCUT2D eigenvalue weighted by Crippen LogP contribution is -2.16. The lowest BCUT2D eigenvalue weighted by Gasteiger charge is -2.14. The van der Waals surface area contributed by atoms with Gasteiger partial charge in [-0.15, -0.1) is 11.8 Å². The Bertz CT molecular complexity index is 422. The van der Waals surface area contributed by atoms with E-state index in [9.17, 15) is 4.79 Å². The summed E-state index contributed by atoms with van der Waals surface area (Å²) in [6, 6.07) is 10.2. The molecule has 0 aromatic heterocycles. The predicted octanol–water partition coefficient (Wildman–Crippen LogP) is 5.65. The first kappa shape index (κ1) is 17.0. The number of thioether (sulfide) groups is 1. The topological polar surface area (TPSA) is 17.1 Å². The highest BCUT2D eigenvalue weighted by Crippen LogP contribution is 2.27. The SMILES string of the molecule is CCCC(=O)C(C/C=C(/C)CCC)Sc1ccccc1. The van der Waals surface area contributed by atoms with Crippen LogP contribution in [0.2, 0.25) is 0 Å². The fraction of sp³-hybridized carbons (Fsp3) is 0.500. The van der Waals surface area contributed by atoms with Crippen LogP contribution in [0, 0.1) is 0 Å². The van der Waals surface area contributed by atoms with Gasteiger partial charge in [-0.05, 0) is 38.3 Å². The van der Waals surface area contributed by atoms with Crippen LogP contribution < -0.4 is 0 Å². The fourth-order valence-corrected chi connectivity index (χ4v) is 3.21. The number of carbonyl (C=O) groups excluding carboxylic acids is 1. The van der Waals surface area contributed by atoms with Crippen molar-refractivity contribution in [2.24, 2.45) is 0 Å². The summed E-state index contributed by atoms with van der Waals surface area (Å²) >= 11 is 1.70. The molecule has 1 atom stereocenters. The minimum atomic E-state index is 0.0594. The van der Waals surface area contributed by atoms with Crippen molar-refractivity contribution in [1.29, 1.82) is 0 Å². The summed E-state index contributed by atoms with van der Waals surface area (Å²) in [7, 11) is 0. The van der Waals surface area contributed by atoms with Gasteiger partial charge in [-0.2, -0.15) is 0 Å². The van der Waals surface area contributed by atoms with Crippen molar-refractivity contribution in [1.82, 2.24) is 0 Å². The molecule has 1 aromatic rings. The van der Waals surface area contributed by atoms with Crippen molar-refractivity contribution in [3.8, 4) is 0 Å². The predicted molar refractivity (Wildman–Crippen MR) is 89.3 cm³/mol. The Balaban J connectivity index is 2.70. The Hall–Kier alpha value is -1.02. The molecule has 110 valence electrons. The summed E-state index contributed by atoms with van der Waals surface area (Å²) in [6.45, 7) is 6.42. The molecule has 0 amide bonds. The van der Waals surface area contributed by atoms with Crippen molar-refractivity contribution in [3.05, 3.63) is 42.0 Å². The zero-order valence-corrected chi connectivity index (χ0v) is 13.7. The molecule has 0 spiro atoms. The molecule has 0 aliphatic rings. The van der Waals surface area contributed by atoms with E-state index >= 15 is 0 Å². The van der Waals surface area contributed by atoms with Gasteiger partial charge in [0.05, 0.1) is 5.25 Å². The Labute approximate surface area is 127 Å². The van der Waals surface area contributed by atoms with E-state index in [1.807, 2.05) is 18.2 Å². The molecule has 0 aliphatic heterocycles. The van der Waals surface area contributed by atoms with Crippen molar-refractivity contribution >= 4 is 17.5 Å². The number of benzene rings is 1. The molecule has 0 aliphatic carbocycles. The zero-order valence-electron chi connectivity index (χ0n) is 12.9. The number of hydrogen-bond acceptors (Lipinski definition) is 2. The molecule has 2 heteroatoms. The molecule has 1 aromatic carbocycles. The standard InChI is InChI=1S/C18H26OS/c1-4-9-15(3)13-14-18(17(19)10-5-2)20-16-11-7-6-8-12-16/h6-8,11-13,18H,4-5,9-10,14H2,1-3H3/b15-13-. The molecule has 20 heavy (non-hydrogen) atoms. The van der Waals surface area contributed by atoms with Gasteiger partial charge in [0.1, 0.15) is 5.78 Å². The molecule has 1 unspecified atom stereocenters. The Kier molecular flexibility index (Phi) is 8.36. The van der Waals surface area contributed by atoms with Crippen LogP contribution in [-0.4, -0.2) is 11.0 Å². The lowest BCUT2D eigenvalue weighted by molar-refractivity contribution is -0.118. The van der Waals surface area contributed by atoms with Crippen LogP contribution in [0.1, 0.15) is 52.9 Å². The molecule has 0 radical (unpaired) electrons. The van der Waals surface area contributed by atoms with E-state index in [1.165, 1.54) is 16.9 Å². The molecular formula is C18H26OS. The summed E-state index contributed by atoms with van der Waals surface area (Å²) in [4.78, 5) is 13.5. The first-order valence-electron chi connectivity index (χ1n) is 7.57. The van der Waals surface area contributed by atoms with Crippen molar-refractivity contribution in [2.75, 3.05) is 0 Å². The van der Waals surface area contributed by atoms with Gasteiger partial charge in [0.25, 0.3) is 0 Å². The van der Waals surface area contributed by atoms with E-state index in [1.54, 1.807) is 11.8 Å². The molecule has 0 N–H and O–H groups in total. The third-order valence-electron chi connectivity index (χ3n) is 3.20. The fourth-order valence-electron chi connectivity index (χ4n) is 2.12. The van der Waals surface area contributed by atoms with Crippen LogP contribution in [0.4, 0.5) is 0 Å². The number of rotatable bonds is 9. The van der Waals surface area contributed by atoms with Crippen LogP contribution in [-0.2, 0) is 4.79 Å². The Morgan fingerprint density at radius 2 is 1.80 bits per heavy atom. The number of allylic oxidation sites excluding steroid dienone is 2. The van der Waals surface area contributed by atoms with Crippen LogP contribution in [0.3, 0.4) is 0 Å². The largest absolute Gasteiger partial charge is 0.298 e. The van der Waals surface area contributed by atoms with E-state index < -0.39 is 0 Å². The van der Waals surface area contributed by atoms with Crippen molar-refractivity contribution in [2.45, 2.75) is 63.0 Å². The zero-order chi connectivity index (χ0) is 14.8. The maximum absolute atomic E-state index is 12.3. The average Bonchev–Trinajstić information content (AvgIpc) is 2.45. The van der Waals surface area contributed by atoms with E-state index in [0.29, 0.717) is 12.2 Å². The molecule has 0 saturated carbocycles. The number of carbonyl (C=O) groups is 1. The van der Waals surface area contributed by atoms with Gasteiger partial charge in [-0.1, -0.05) is 50.1 Å². The highest BCUT2D eigenvalue weighted by molar-refractivity contribution is 8.00. The molecule has 0 fully saturated rings. The van der Waals surface area contributed by atoms with E-state index in [-0.39, 0.29) is 5.25 Å². The number of hydrogen-bond donors (Lipinski definition) is 0. The van der Waals surface area contributed by atoms with Crippen molar-refractivity contribution < 1.29 is 4.79 Å². The average molecular weight is 290 g/mol. The summed E-state index contributed by atoms with van der Waals surface area (Å²) in [5.74, 6) is 0.377. The normalized spacial score (nSPS) is 13.2. The summed E-state index contributed by atoms with van der Waals surface area (Å²) in [6.07, 6.45) is 7.02. The van der Waals surface area contributed by atoms with Gasteiger partial charge in [-0.3, -0.25) is 4.79 Å². The third-order valence-corrected chi connectivity index (χ3v) is 4.49. The Morgan fingerprint density at radius 3 is 2.40 bits per heavy atom. The summed E-state index contributed by atoms with van der Waals surface area (Å²) in [5, 5.41) is 0.0594. The molecule has 0 saturated heterocycles. The van der Waals surface area contributed by atoms with E-state index in [4.69, 9.17) is 0 Å². The van der Waals surface area contributed by atoms with E-state index in [0.717, 1.165) is 19.3 Å². The second-order valence-electron chi connectivity index (χ2n) is 5.17. The summed E-state index contributed by atoms with van der Waals surface area (Å²) < 4.78 is 0. The summed E-state index contributed by atoms with van der Waals surface area (Å²) in [5.41, 5.74) is 1.40. The lowest BCUT2D eigenvalue weighted by atomic mass is 10.1. The highest BCUT2D eigenvalue weighted by atomic mass is 32.2. The highest BCUT2D eigenvalue weighted by Gasteiger charge is 2.17. The molecule has 0 bridgehead atoms. The van der Waals surface area contributed by atoms with Crippen molar-refractivity contribution in [3.63, 3.8) is 0 Å². The van der Waals surface area contributed by atoms with Crippen LogP contribution in [0.25, 0.3) is 0 Å². The van der Waals surface area contributed by atoms with E-state index in [2.05, 4.69) is 39.0 Å². The van der Waals surface area contributed by atoms with Gasteiger partial charge in [0, 0.05) is 11.3 Å². The first-order chi connectivity index (χ1) is 9.67. The monoisotopic (exact) mass is 290 g/mol. The van der Waals surface area contributed by atoms with Gasteiger partial charge in [0.15, 0.2) is 0 Å². The van der Waals surface area contributed by atoms with Gasteiger partial charge in [0.2, 0.25) is 0 Å². The minimum absolute atomic E-state index is 0.0594. The third kappa shape index (κ3) is 6.42. The first-order valence-corrected chi connectivity index (χ1v) is 8.45. The van der Waals surface area contributed by atoms with Gasteiger partial charge in [-0.25, -0.2) is 0 Å². The quantitative estimate of drug-likeness (QED) is 0.431. The second-order valence-corrected chi connectivity index (χ2v) is 6.45. The maximum atomic E-state index is 12.3. The molecule has 1 rings (SSSR count). The minimum Gasteiger partial charge on any atom is -0.298 e. The number of ketones is 1. The Morgan fingerprint density at radius 1 is 1.15 bits per heavy atom. The maximum Gasteiger partial charge on any atom is 0.146 e. The molecule has 1 nitrogen and oxygen atoms in total. The molecular weight excluding hydrogens is 264 g/mol. The smallest absolute Gasteiger partial charge is 0.146 e. The number of Topliss-reactive ketones (excluding diaryl/α,β-unsaturated/α-hetero) is 1. The second kappa shape index (κ2) is 9.82. The van der Waals surface area contributed by atoms with Crippen LogP contribution in [0.15, 0.2) is 46.9 Å². The van der Waals surface area contributed by atoms with Crippen LogP contribution >= 0.6 is 11.8 Å². The van der Waals surface area contributed by atoms with Gasteiger partial charge >= 0.3 is 0 Å². The van der Waals surface area contributed by atoms with Crippen LogP contribution in [0.5, 0.6) is 0 Å².